The van der Waals surface area contributed by atoms with E-state index < -0.39 is 0 Å². The van der Waals surface area contributed by atoms with Crippen LogP contribution in [0, 0.1) is 0 Å². The van der Waals surface area contributed by atoms with E-state index in [1.165, 1.54) is 38.5 Å². The van der Waals surface area contributed by atoms with E-state index in [9.17, 15) is 4.79 Å². The van der Waals surface area contributed by atoms with Crippen LogP contribution in [0.25, 0.3) is 11.4 Å². The first-order valence-electron chi connectivity index (χ1n) is 9.96. The van der Waals surface area contributed by atoms with Gasteiger partial charge in [0.25, 0.3) is 0 Å². The number of unbranched alkanes of at least 4 members (excludes halogenated alkanes) is 6. The molecule has 1 amide bonds. The Morgan fingerprint density at radius 3 is 2.48 bits per heavy atom. The molecule has 1 aromatic carbocycles. The monoisotopic (exact) mass is 373 g/mol. The molecule has 0 radical (unpaired) electrons. The Bertz CT molecular complexity index is 668. The van der Waals surface area contributed by atoms with Crippen molar-refractivity contribution in [2.24, 2.45) is 0 Å². The maximum atomic E-state index is 11.9. The highest BCUT2D eigenvalue weighted by Crippen LogP contribution is 2.20. The highest BCUT2D eigenvalue weighted by molar-refractivity contribution is 5.75. The third-order valence-electron chi connectivity index (χ3n) is 4.48. The van der Waals surface area contributed by atoms with E-state index >= 15 is 0 Å². The third-order valence-corrected chi connectivity index (χ3v) is 4.48. The Morgan fingerprint density at radius 2 is 1.78 bits per heavy atom. The van der Waals surface area contributed by atoms with Gasteiger partial charge >= 0.3 is 0 Å². The van der Waals surface area contributed by atoms with Gasteiger partial charge in [0.1, 0.15) is 5.75 Å². The number of amides is 1. The lowest BCUT2D eigenvalue weighted by Crippen LogP contribution is -2.24. The Hall–Kier alpha value is -2.37. The quantitative estimate of drug-likeness (QED) is 0.521. The van der Waals surface area contributed by atoms with Crippen molar-refractivity contribution in [3.63, 3.8) is 0 Å². The lowest BCUT2D eigenvalue weighted by Gasteiger charge is -2.04. The summed E-state index contributed by atoms with van der Waals surface area (Å²) in [6.07, 6.45) is 9.52. The first-order valence-corrected chi connectivity index (χ1v) is 9.96. The molecule has 2 rings (SSSR count). The maximum Gasteiger partial charge on any atom is 0.227 e. The SMILES string of the molecule is CCCCCCCCCNC(=O)CCc1nc(-c2ccc(OC)cc2)no1. The molecular formula is C21H31N3O3. The van der Waals surface area contributed by atoms with Crippen LogP contribution in [0.2, 0.25) is 0 Å². The Balaban J connectivity index is 1.62. The summed E-state index contributed by atoms with van der Waals surface area (Å²) in [5, 5.41) is 6.94. The lowest BCUT2D eigenvalue weighted by atomic mass is 10.1. The number of hydrogen-bond donors (Lipinski definition) is 1. The number of aromatic nitrogens is 2. The fourth-order valence-electron chi connectivity index (χ4n) is 2.83. The van der Waals surface area contributed by atoms with Gasteiger partial charge < -0.3 is 14.6 Å². The largest absolute Gasteiger partial charge is 0.497 e. The summed E-state index contributed by atoms with van der Waals surface area (Å²) in [7, 11) is 1.63. The lowest BCUT2D eigenvalue weighted by molar-refractivity contribution is -0.121. The number of benzene rings is 1. The van der Waals surface area contributed by atoms with Gasteiger partial charge in [-0.2, -0.15) is 4.98 Å². The first-order chi connectivity index (χ1) is 13.2. The summed E-state index contributed by atoms with van der Waals surface area (Å²) in [6, 6.07) is 7.45. The van der Waals surface area contributed by atoms with E-state index in [2.05, 4.69) is 22.4 Å². The van der Waals surface area contributed by atoms with Crippen LogP contribution >= 0.6 is 0 Å². The molecule has 0 unspecified atom stereocenters. The molecule has 6 heteroatoms. The second-order valence-electron chi connectivity index (χ2n) is 6.71. The highest BCUT2D eigenvalue weighted by atomic mass is 16.5. The molecule has 1 aromatic heterocycles. The van der Waals surface area contributed by atoms with Gasteiger partial charge in [-0.25, -0.2) is 0 Å². The second kappa shape index (κ2) is 12.1. The van der Waals surface area contributed by atoms with Crippen molar-refractivity contribution >= 4 is 5.91 Å². The Labute approximate surface area is 161 Å². The topological polar surface area (TPSA) is 77.2 Å². The van der Waals surface area contributed by atoms with Crippen molar-refractivity contribution in [3.8, 4) is 17.1 Å². The maximum absolute atomic E-state index is 11.9. The third kappa shape index (κ3) is 7.81. The van der Waals surface area contributed by atoms with Gasteiger partial charge in [-0.3, -0.25) is 4.79 Å². The van der Waals surface area contributed by atoms with Crippen LogP contribution in [0.1, 0.15) is 64.2 Å². The predicted octanol–water partition coefficient (Wildman–Crippen LogP) is 4.54. The average molecular weight is 373 g/mol. The molecule has 0 aliphatic carbocycles. The summed E-state index contributed by atoms with van der Waals surface area (Å²) < 4.78 is 10.4. The molecule has 0 atom stereocenters. The fraction of sp³-hybridized carbons (Fsp3) is 0.571. The molecule has 1 heterocycles. The highest BCUT2D eigenvalue weighted by Gasteiger charge is 2.10. The second-order valence-corrected chi connectivity index (χ2v) is 6.71. The zero-order valence-electron chi connectivity index (χ0n) is 16.5. The molecule has 0 fully saturated rings. The van der Waals surface area contributed by atoms with E-state index in [4.69, 9.17) is 9.26 Å². The summed E-state index contributed by atoms with van der Waals surface area (Å²) in [6.45, 7) is 2.97. The summed E-state index contributed by atoms with van der Waals surface area (Å²) in [5.74, 6) is 1.81. The zero-order chi connectivity index (χ0) is 19.3. The van der Waals surface area contributed by atoms with Crippen LogP contribution in [-0.2, 0) is 11.2 Å². The standard InChI is InChI=1S/C21H31N3O3/c1-3-4-5-6-7-8-9-16-22-19(25)14-15-20-23-21(24-27-20)17-10-12-18(26-2)13-11-17/h10-13H,3-9,14-16H2,1-2H3,(H,22,25). The Morgan fingerprint density at radius 1 is 1.07 bits per heavy atom. The average Bonchev–Trinajstić information content (AvgIpc) is 3.17. The Kier molecular flexibility index (Phi) is 9.38. The molecule has 0 aliphatic rings. The van der Waals surface area contributed by atoms with Gasteiger partial charge in [0, 0.05) is 24.9 Å². The molecule has 0 bridgehead atoms. The molecule has 0 aliphatic heterocycles. The van der Waals surface area contributed by atoms with Gasteiger partial charge in [0.2, 0.25) is 17.6 Å². The number of nitrogens with zero attached hydrogens (tertiary/aromatic N) is 2. The van der Waals surface area contributed by atoms with Gasteiger partial charge in [-0.15, -0.1) is 0 Å². The normalized spacial score (nSPS) is 10.7. The molecule has 148 valence electrons. The molecule has 27 heavy (non-hydrogen) atoms. The smallest absolute Gasteiger partial charge is 0.227 e. The number of nitrogens with one attached hydrogen (secondary N) is 1. The number of carbonyl (C=O) groups excluding carboxylic acids is 1. The molecule has 6 nitrogen and oxygen atoms in total. The minimum Gasteiger partial charge on any atom is -0.497 e. The van der Waals surface area contributed by atoms with Gasteiger partial charge in [-0.1, -0.05) is 50.6 Å². The van der Waals surface area contributed by atoms with Crippen LogP contribution < -0.4 is 10.1 Å². The minimum atomic E-state index is 0.0326. The van der Waals surface area contributed by atoms with E-state index in [0.717, 1.165) is 24.3 Å². The van der Waals surface area contributed by atoms with Crippen LogP contribution in [0.3, 0.4) is 0 Å². The molecule has 0 saturated carbocycles. The van der Waals surface area contributed by atoms with Crippen molar-refractivity contribution in [3.05, 3.63) is 30.2 Å². The zero-order valence-corrected chi connectivity index (χ0v) is 16.5. The molecule has 1 N–H and O–H groups in total. The number of ether oxygens (including phenoxy) is 1. The van der Waals surface area contributed by atoms with Crippen LogP contribution in [0.5, 0.6) is 5.75 Å². The predicted molar refractivity (Wildman–Crippen MR) is 106 cm³/mol. The minimum absolute atomic E-state index is 0.0326. The van der Waals surface area contributed by atoms with E-state index in [-0.39, 0.29) is 5.91 Å². The van der Waals surface area contributed by atoms with Crippen LogP contribution in [0.15, 0.2) is 28.8 Å². The number of hydrogen-bond acceptors (Lipinski definition) is 5. The van der Waals surface area contributed by atoms with E-state index in [1.807, 2.05) is 24.3 Å². The van der Waals surface area contributed by atoms with E-state index in [0.29, 0.717) is 24.6 Å². The summed E-state index contributed by atoms with van der Waals surface area (Å²) in [4.78, 5) is 16.3. The van der Waals surface area contributed by atoms with Crippen LogP contribution in [0.4, 0.5) is 0 Å². The summed E-state index contributed by atoms with van der Waals surface area (Å²) >= 11 is 0. The number of aryl methyl sites for hydroxylation is 1. The van der Waals surface area contributed by atoms with Gasteiger partial charge in [0.15, 0.2) is 0 Å². The van der Waals surface area contributed by atoms with Gasteiger partial charge in [0.05, 0.1) is 7.11 Å². The van der Waals surface area contributed by atoms with Crippen LogP contribution in [-0.4, -0.2) is 29.7 Å². The molecule has 2 aromatic rings. The number of methoxy groups -OCH3 is 1. The van der Waals surface area contributed by atoms with E-state index in [1.54, 1.807) is 7.11 Å². The summed E-state index contributed by atoms with van der Waals surface area (Å²) in [5.41, 5.74) is 0.856. The van der Waals surface area contributed by atoms with Gasteiger partial charge in [-0.05, 0) is 30.7 Å². The first kappa shape index (κ1) is 20.9. The van der Waals surface area contributed by atoms with Crippen molar-refractivity contribution in [1.82, 2.24) is 15.5 Å². The molecule has 0 saturated heterocycles. The van der Waals surface area contributed by atoms with Crippen molar-refractivity contribution in [2.75, 3.05) is 13.7 Å². The molecular weight excluding hydrogens is 342 g/mol. The van der Waals surface area contributed by atoms with Crippen molar-refractivity contribution < 1.29 is 14.1 Å². The van der Waals surface area contributed by atoms with Crippen molar-refractivity contribution in [2.45, 2.75) is 64.7 Å². The molecule has 0 spiro atoms. The van der Waals surface area contributed by atoms with Crippen molar-refractivity contribution in [1.29, 1.82) is 0 Å². The number of rotatable bonds is 13. The number of carbonyl (C=O) groups is 1. The fourth-order valence-corrected chi connectivity index (χ4v) is 2.83.